The van der Waals surface area contributed by atoms with E-state index in [0.717, 1.165) is 0 Å². The summed E-state index contributed by atoms with van der Waals surface area (Å²) >= 11 is 0. The van der Waals surface area contributed by atoms with Crippen LogP contribution >= 0.6 is 0 Å². The minimum absolute atomic E-state index is 0.100. The fraction of sp³-hybridized carbons (Fsp3) is 0.300. The lowest BCUT2D eigenvalue weighted by atomic mass is 9.76. The van der Waals surface area contributed by atoms with Gasteiger partial charge in [-0.25, -0.2) is 0 Å². The first kappa shape index (κ1) is 11.1. The molecule has 0 aromatic heterocycles. The van der Waals surface area contributed by atoms with Gasteiger partial charge in [0.1, 0.15) is 0 Å². The molecule has 0 fully saturated rings. The number of hydrogen-bond donors (Lipinski definition) is 3. The molecule has 0 radical (unpaired) electrons. The zero-order valence-electron chi connectivity index (χ0n) is 8.63. The first-order valence-corrected chi connectivity index (χ1v) is 5.03. The van der Waals surface area contributed by atoms with Gasteiger partial charge >= 0.3 is 7.12 Å². The van der Waals surface area contributed by atoms with Gasteiger partial charge in [-0.15, -0.1) is 0 Å². The van der Waals surface area contributed by atoms with Gasteiger partial charge in [0, 0.05) is 18.7 Å². The Kier molecular flexibility index (Phi) is 2.96. The largest absolute Gasteiger partial charge is 0.488 e. The Morgan fingerprint density at radius 3 is 2.75 bits per heavy atom. The number of amides is 1. The minimum atomic E-state index is -1.57. The Bertz CT molecular complexity index is 421. The Morgan fingerprint density at radius 1 is 1.38 bits per heavy atom. The molecular weight excluding hydrogens is 209 g/mol. The molecule has 16 heavy (non-hydrogen) atoms. The Labute approximate surface area is 93.1 Å². The number of β-amino-alcohol motifs (C(OH)–C–C–N with tert-alkyl or cyclic N) is 1. The number of carbonyl (C=O) groups excluding carboxylic acids is 1. The quantitative estimate of drug-likeness (QED) is 0.532. The second-order valence-electron chi connectivity index (χ2n) is 3.70. The van der Waals surface area contributed by atoms with Gasteiger partial charge in [-0.2, -0.15) is 0 Å². The van der Waals surface area contributed by atoms with Gasteiger partial charge in [0.2, 0.25) is 0 Å². The molecule has 1 aliphatic heterocycles. The number of benzene rings is 1. The number of hydrogen-bond acceptors (Lipinski definition) is 4. The maximum absolute atomic E-state index is 11.8. The van der Waals surface area contributed by atoms with Crippen LogP contribution in [0.1, 0.15) is 15.9 Å². The number of nitrogens with zero attached hydrogens (tertiary/aromatic N) is 1. The van der Waals surface area contributed by atoms with Gasteiger partial charge in [-0.1, -0.05) is 12.1 Å². The molecule has 1 amide bonds. The fourth-order valence-electron chi connectivity index (χ4n) is 1.96. The molecule has 2 rings (SSSR count). The SMILES string of the molecule is O=C1c2cccc(B(O)O)c2CN1CCO. The number of aliphatic hydroxyl groups is 1. The summed E-state index contributed by atoms with van der Waals surface area (Å²) in [4.78, 5) is 13.3. The summed E-state index contributed by atoms with van der Waals surface area (Å²) in [5.41, 5.74) is 1.47. The van der Waals surface area contributed by atoms with E-state index in [0.29, 0.717) is 23.1 Å². The number of carbonyl (C=O) groups is 1. The lowest BCUT2D eigenvalue weighted by molar-refractivity contribution is 0.0745. The maximum atomic E-state index is 11.8. The highest BCUT2D eigenvalue weighted by molar-refractivity contribution is 6.59. The van der Waals surface area contributed by atoms with Crippen molar-refractivity contribution in [3.8, 4) is 0 Å². The summed E-state index contributed by atoms with van der Waals surface area (Å²) in [6.45, 7) is 0.480. The second kappa shape index (κ2) is 4.25. The van der Waals surface area contributed by atoms with E-state index in [1.54, 1.807) is 18.2 Å². The summed E-state index contributed by atoms with van der Waals surface area (Å²) in [6.07, 6.45) is 0. The summed E-state index contributed by atoms with van der Waals surface area (Å²) in [5, 5.41) is 27.1. The second-order valence-corrected chi connectivity index (χ2v) is 3.70. The Morgan fingerprint density at radius 2 is 2.12 bits per heavy atom. The van der Waals surface area contributed by atoms with E-state index in [9.17, 15) is 4.79 Å². The van der Waals surface area contributed by atoms with E-state index in [1.807, 2.05) is 0 Å². The molecule has 6 heteroatoms. The molecule has 1 aromatic carbocycles. The van der Waals surface area contributed by atoms with Gasteiger partial charge < -0.3 is 20.1 Å². The molecule has 0 bridgehead atoms. The Hall–Kier alpha value is -1.37. The third-order valence-electron chi connectivity index (χ3n) is 2.73. The molecule has 3 N–H and O–H groups in total. The highest BCUT2D eigenvalue weighted by Crippen LogP contribution is 2.20. The van der Waals surface area contributed by atoms with Crippen LogP contribution in [0.15, 0.2) is 18.2 Å². The van der Waals surface area contributed by atoms with Gasteiger partial charge in [0.25, 0.3) is 5.91 Å². The van der Waals surface area contributed by atoms with Gasteiger partial charge in [0.15, 0.2) is 0 Å². The van der Waals surface area contributed by atoms with Crippen molar-refractivity contribution in [2.45, 2.75) is 6.54 Å². The van der Waals surface area contributed by atoms with Crippen molar-refractivity contribution in [2.75, 3.05) is 13.2 Å². The van der Waals surface area contributed by atoms with Crippen molar-refractivity contribution >= 4 is 18.5 Å². The predicted molar refractivity (Wildman–Crippen MR) is 58.1 cm³/mol. The topological polar surface area (TPSA) is 81.0 Å². The first-order chi connectivity index (χ1) is 7.65. The average molecular weight is 221 g/mol. The molecule has 0 saturated heterocycles. The summed E-state index contributed by atoms with van der Waals surface area (Å²) < 4.78 is 0. The van der Waals surface area contributed by atoms with Gasteiger partial charge in [0.05, 0.1) is 6.61 Å². The highest BCUT2D eigenvalue weighted by Gasteiger charge is 2.31. The zero-order valence-corrected chi connectivity index (χ0v) is 8.63. The molecule has 1 aliphatic rings. The zero-order chi connectivity index (χ0) is 11.7. The van der Waals surface area contributed by atoms with Crippen LogP contribution in [0.3, 0.4) is 0 Å². The third-order valence-corrected chi connectivity index (χ3v) is 2.73. The lowest BCUT2D eigenvalue weighted by Crippen LogP contribution is -2.33. The molecule has 0 saturated carbocycles. The highest BCUT2D eigenvalue weighted by atomic mass is 16.4. The van der Waals surface area contributed by atoms with Crippen LogP contribution in [0.5, 0.6) is 0 Å². The Balaban J connectivity index is 2.39. The van der Waals surface area contributed by atoms with Crippen molar-refractivity contribution in [1.82, 2.24) is 4.90 Å². The minimum Gasteiger partial charge on any atom is -0.423 e. The van der Waals surface area contributed by atoms with Gasteiger partial charge in [-0.3, -0.25) is 4.79 Å². The van der Waals surface area contributed by atoms with Crippen LogP contribution in [0, 0.1) is 0 Å². The summed E-state index contributed by atoms with van der Waals surface area (Å²) in [6, 6.07) is 4.86. The lowest BCUT2D eigenvalue weighted by Gasteiger charge is -2.13. The maximum Gasteiger partial charge on any atom is 0.488 e. The van der Waals surface area contributed by atoms with Crippen LogP contribution in [0.25, 0.3) is 0 Å². The van der Waals surface area contributed by atoms with Crippen LogP contribution in [-0.2, 0) is 6.54 Å². The smallest absolute Gasteiger partial charge is 0.423 e. The molecule has 84 valence electrons. The number of aliphatic hydroxyl groups excluding tert-OH is 1. The third kappa shape index (κ3) is 1.71. The normalized spacial score (nSPS) is 14.2. The van der Waals surface area contributed by atoms with Crippen molar-refractivity contribution in [2.24, 2.45) is 0 Å². The molecule has 0 atom stereocenters. The summed E-state index contributed by atoms with van der Waals surface area (Å²) in [5.74, 6) is -0.174. The monoisotopic (exact) mass is 221 g/mol. The number of rotatable bonds is 3. The molecule has 0 spiro atoms. The van der Waals surface area contributed by atoms with Crippen LogP contribution < -0.4 is 5.46 Å². The van der Waals surface area contributed by atoms with E-state index in [-0.39, 0.29) is 19.1 Å². The predicted octanol–water partition coefficient (Wildman–Crippen LogP) is -1.69. The van der Waals surface area contributed by atoms with Crippen molar-refractivity contribution < 1.29 is 19.9 Å². The summed E-state index contributed by atoms with van der Waals surface area (Å²) in [7, 11) is -1.57. The van der Waals surface area contributed by atoms with Crippen LogP contribution in [0.4, 0.5) is 0 Å². The van der Waals surface area contributed by atoms with Crippen molar-refractivity contribution in [1.29, 1.82) is 0 Å². The average Bonchev–Trinajstić information content (AvgIpc) is 2.57. The van der Waals surface area contributed by atoms with E-state index >= 15 is 0 Å². The van der Waals surface area contributed by atoms with E-state index in [4.69, 9.17) is 15.2 Å². The van der Waals surface area contributed by atoms with E-state index < -0.39 is 7.12 Å². The first-order valence-electron chi connectivity index (χ1n) is 5.03. The van der Waals surface area contributed by atoms with Crippen LogP contribution in [0.2, 0.25) is 0 Å². The molecule has 1 heterocycles. The van der Waals surface area contributed by atoms with E-state index in [2.05, 4.69) is 0 Å². The standard InChI is InChI=1S/C10H12BNO4/c13-5-4-12-6-8-7(10(12)14)2-1-3-9(8)11(15)16/h1-3,13,15-16H,4-6H2. The van der Waals surface area contributed by atoms with Crippen LogP contribution in [-0.4, -0.2) is 46.2 Å². The molecule has 1 aromatic rings. The molecule has 5 nitrogen and oxygen atoms in total. The molecule has 0 unspecified atom stereocenters. The van der Waals surface area contributed by atoms with Crippen molar-refractivity contribution in [3.63, 3.8) is 0 Å². The number of fused-ring (bicyclic) bond motifs is 1. The van der Waals surface area contributed by atoms with Crippen molar-refractivity contribution in [3.05, 3.63) is 29.3 Å². The van der Waals surface area contributed by atoms with E-state index in [1.165, 1.54) is 4.90 Å². The fourth-order valence-corrected chi connectivity index (χ4v) is 1.96. The molecule has 0 aliphatic carbocycles. The van der Waals surface area contributed by atoms with Gasteiger partial charge in [-0.05, 0) is 17.1 Å². The molecular formula is C10H12BNO4.